The van der Waals surface area contributed by atoms with Crippen molar-refractivity contribution in [1.82, 2.24) is 20.2 Å². The molecule has 0 saturated carbocycles. The van der Waals surface area contributed by atoms with Gasteiger partial charge in [0.05, 0.1) is 12.2 Å². The molecule has 0 saturated heterocycles. The van der Waals surface area contributed by atoms with E-state index >= 15 is 0 Å². The summed E-state index contributed by atoms with van der Waals surface area (Å²) in [5.41, 5.74) is 2.14. The molecular formula is C17H25ClIN5OS. The van der Waals surface area contributed by atoms with Crippen molar-refractivity contribution in [2.75, 3.05) is 27.7 Å². The zero-order valence-electron chi connectivity index (χ0n) is 15.4. The number of guanidine groups is 1. The second-order valence-corrected chi connectivity index (χ2v) is 6.90. The van der Waals surface area contributed by atoms with E-state index in [0.29, 0.717) is 11.7 Å². The van der Waals surface area contributed by atoms with Crippen molar-refractivity contribution in [3.8, 4) is 0 Å². The van der Waals surface area contributed by atoms with Crippen LogP contribution in [0.4, 0.5) is 0 Å². The summed E-state index contributed by atoms with van der Waals surface area (Å²) in [5, 5.41) is 6.92. The van der Waals surface area contributed by atoms with Crippen LogP contribution in [0.5, 0.6) is 0 Å². The monoisotopic (exact) mass is 509 g/mol. The highest BCUT2D eigenvalue weighted by Crippen LogP contribution is 2.20. The molecule has 9 heteroatoms. The number of hydrogen-bond acceptors (Lipinski definition) is 5. The van der Waals surface area contributed by atoms with Crippen LogP contribution in [0, 0.1) is 0 Å². The van der Waals surface area contributed by atoms with Crippen molar-refractivity contribution in [3.05, 3.63) is 45.1 Å². The van der Waals surface area contributed by atoms with E-state index in [4.69, 9.17) is 16.3 Å². The van der Waals surface area contributed by atoms with Crippen molar-refractivity contribution in [2.24, 2.45) is 4.99 Å². The Balaban J connectivity index is 0.00000338. The normalized spacial score (nSPS) is 12.4. The van der Waals surface area contributed by atoms with Gasteiger partial charge < -0.3 is 15.0 Å². The smallest absolute Gasteiger partial charge is 0.193 e. The molecule has 144 valence electrons. The van der Waals surface area contributed by atoms with Crippen LogP contribution in [-0.2, 0) is 17.7 Å². The van der Waals surface area contributed by atoms with E-state index in [0.717, 1.165) is 35.2 Å². The summed E-state index contributed by atoms with van der Waals surface area (Å²) in [6.07, 6.45) is 2.67. The summed E-state index contributed by atoms with van der Waals surface area (Å²) >= 11 is 7.42. The Bertz CT molecular complexity index is 695. The lowest BCUT2D eigenvalue weighted by Gasteiger charge is -2.21. The van der Waals surface area contributed by atoms with Crippen molar-refractivity contribution >= 4 is 52.9 Å². The number of pyridine rings is 1. The van der Waals surface area contributed by atoms with Crippen LogP contribution in [0.2, 0.25) is 5.15 Å². The maximum atomic E-state index is 5.80. The summed E-state index contributed by atoms with van der Waals surface area (Å²) in [4.78, 5) is 15.1. The average Bonchev–Trinajstić information content (AvgIpc) is 3.08. The van der Waals surface area contributed by atoms with Crippen LogP contribution in [-0.4, -0.2) is 48.6 Å². The Hall–Kier alpha value is -0.970. The molecule has 0 fully saturated rings. The Labute approximate surface area is 181 Å². The fourth-order valence-electron chi connectivity index (χ4n) is 2.26. The highest BCUT2D eigenvalue weighted by Gasteiger charge is 2.12. The van der Waals surface area contributed by atoms with Gasteiger partial charge in [-0.1, -0.05) is 17.7 Å². The summed E-state index contributed by atoms with van der Waals surface area (Å²) < 4.78 is 5.31. The van der Waals surface area contributed by atoms with Crippen LogP contribution in [0.1, 0.15) is 29.3 Å². The molecule has 0 aliphatic heterocycles. The van der Waals surface area contributed by atoms with Crippen LogP contribution < -0.4 is 5.32 Å². The summed E-state index contributed by atoms with van der Waals surface area (Å²) in [7, 11) is 5.47. The molecule has 6 nitrogen and oxygen atoms in total. The van der Waals surface area contributed by atoms with E-state index in [1.807, 2.05) is 20.0 Å². The Kier molecular flexibility index (Phi) is 10.4. The Morgan fingerprint density at radius 1 is 1.46 bits per heavy atom. The number of nitrogens with one attached hydrogen (secondary N) is 1. The van der Waals surface area contributed by atoms with Gasteiger partial charge in [0.15, 0.2) is 5.96 Å². The fourth-order valence-corrected chi connectivity index (χ4v) is 3.21. The van der Waals surface area contributed by atoms with Gasteiger partial charge in [-0.3, -0.25) is 4.99 Å². The van der Waals surface area contributed by atoms with E-state index < -0.39 is 0 Å². The molecule has 2 rings (SSSR count). The van der Waals surface area contributed by atoms with Crippen molar-refractivity contribution in [1.29, 1.82) is 0 Å². The highest BCUT2D eigenvalue weighted by atomic mass is 127. The molecule has 1 atom stereocenters. The number of hydrogen-bond donors (Lipinski definition) is 1. The lowest BCUT2D eigenvalue weighted by Crippen LogP contribution is -2.39. The molecule has 2 heterocycles. The molecule has 0 aromatic carbocycles. The molecule has 1 unspecified atom stereocenters. The third kappa shape index (κ3) is 6.98. The summed E-state index contributed by atoms with van der Waals surface area (Å²) in [5.74, 6) is 0.830. The minimum Gasteiger partial charge on any atom is -0.375 e. The minimum absolute atomic E-state index is 0. The minimum atomic E-state index is 0. The SMILES string of the molecule is CN=C(NCCc1ccc(Cl)nc1)N(C)Cc1csc(C(C)OC)n1.I. The third-order valence-corrected chi connectivity index (χ3v) is 5.01. The molecule has 1 N–H and O–H groups in total. The number of methoxy groups -OCH3 is 1. The first-order chi connectivity index (χ1) is 12.0. The predicted molar refractivity (Wildman–Crippen MR) is 119 cm³/mol. The summed E-state index contributed by atoms with van der Waals surface area (Å²) in [6.45, 7) is 3.46. The van der Waals surface area contributed by atoms with Crippen LogP contribution in [0.25, 0.3) is 0 Å². The van der Waals surface area contributed by atoms with Gasteiger partial charge in [0.2, 0.25) is 0 Å². The average molecular weight is 510 g/mol. The summed E-state index contributed by atoms with van der Waals surface area (Å²) in [6, 6.07) is 3.79. The number of halogens is 2. The van der Waals surface area contributed by atoms with Gasteiger partial charge in [-0.15, -0.1) is 35.3 Å². The van der Waals surface area contributed by atoms with E-state index in [2.05, 4.69) is 30.6 Å². The van der Waals surface area contributed by atoms with E-state index in [1.54, 1.807) is 37.8 Å². The zero-order valence-corrected chi connectivity index (χ0v) is 19.3. The number of aliphatic imine (C=N–C) groups is 1. The molecule has 0 amide bonds. The second kappa shape index (κ2) is 11.7. The number of thiazole rings is 1. The first-order valence-corrected chi connectivity index (χ1v) is 9.28. The predicted octanol–water partition coefficient (Wildman–Crippen LogP) is 3.77. The Morgan fingerprint density at radius 3 is 2.85 bits per heavy atom. The zero-order chi connectivity index (χ0) is 18.2. The van der Waals surface area contributed by atoms with Gasteiger partial charge in [0, 0.05) is 39.3 Å². The first kappa shape index (κ1) is 23.1. The van der Waals surface area contributed by atoms with Gasteiger partial charge in [0.1, 0.15) is 16.3 Å². The number of nitrogens with zero attached hydrogens (tertiary/aromatic N) is 4. The van der Waals surface area contributed by atoms with Gasteiger partial charge in [-0.2, -0.15) is 0 Å². The maximum absolute atomic E-state index is 5.80. The fraction of sp³-hybridized carbons (Fsp3) is 0.471. The topological polar surface area (TPSA) is 62.6 Å². The van der Waals surface area contributed by atoms with Gasteiger partial charge in [0.25, 0.3) is 0 Å². The molecule has 0 aliphatic carbocycles. The number of ether oxygens (including phenoxy) is 1. The largest absolute Gasteiger partial charge is 0.375 e. The van der Waals surface area contributed by atoms with Crippen LogP contribution in [0.3, 0.4) is 0 Å². The third-order valence-electron chi connectivity index (χ3n) is 3.73. The van der Waals surface area contributed by atoms with E-state index in [9.17, 15) is 0 Å². The molecule has 26 heavy (non-hydrogen) atoms. The molecule has 0 spiro atoms. The van der Waals surface area contributed by atoms with Crippen molar-refractivity contribution in [3.63, 3.8) is 0 Å². The molecule has 0 aliphatic rings. The van der Waals surface area contributed by atoms with Crippen molar-refractivity contribution < 1.29 is 4.74 Å². The van der Waals surface area contributed by atoms with E-state index in [1.165, 1.54) is 0 Å². The first-order valence-electron chi connectivity index (χ1n) is 8.02. The number of rotatable bonds is 7. The van der Waals surface area contributed by atoms with Gasteiger partial charge >= 0.3 is 0 Å². The second-order valence-electron chi connectivity index (χ2n) is 5.62. The van der Waals surface area contributed by atoms with Crippen LogP contribution in [0.15, 0.2) is 28.7 Å². The van der Waals surface area contributed by atoms with E-state index in [-0.39, 0.29) is 30.1 Å². The number of aromatic nitrogens is 2. The molecule has 0 bridgehead atoms. The highest BCUT2D eigenvalue weighted by molar-refractivity contribution is 14.0. The van der Waals surface area contributed by atoms with Gasteiger partial charge in [-0.05, 0) is 25.0 Å². The van der Waals surface area contributed by atoms with Gasteiger partial charge in [-0.25, -0.2) is 9.97 Å². The standard InChI is InChI=1S/C17H24ClN5OS.HI/c1-12(24-4)16-22-14(11-25-16)10-23(3)17(19-2)20-8-7-13-5-6-15(18)21-9-13;/h5-6,9,11-12H,7-8,10H2,1-4H3,(H,19,20);1H. The molecule has 2 aromatic heterocycles. The lowest BCUT2D eigenvalue weighted by molar-refractivity contribution is 0.119. The van der Waals surface area contributed by atoms with Crippen LogP contribution >= 0.6 is 46.9 Å². The maximum Gasteiger partial charge on any atom is 0.193 e. The molecule has 2 aromatic rings. The molecule has 0 radical (unpaired) electrons. The molecular weight excluding hydrogens is 485 g/mol. The quantitative estimate of drug-likeness (QED) is 0.266. The Morgan fingerprint density at radius 2 is 2.23 bits per heavy atom. The lowest BCUT2D eigenvalue weighted by atomic mass is 10.2. The van der Waals surface area contributed by atoms with Crippen molar-refractivity contribution in [2.45, 2.75) is 26.0 Å².